The molecule has 0 saturated heterocycles. The molecular formula is C6H8N4O2. The highest BCUT2D eigenvalue weighted by Gasteiger charge is 1.96. The summed E-state index contributed by atoms with van der Waals surface area (Å²) >= 11 is 0. The molecule has 6 nitrogen and oxygen atoms in total. The van der Waals surface area contributed by atoms with E-state index in [1.165, 1.54) is 0 Å². The Labute approximate surface area is 69.2 Å². The van der Waals surface area contributed by atoms with Gasteiger partial charge in [-0.25, -0.2) is 0 Å². The molecule has 0 radical (unpaired) electrons. The largest absolute Gasteiger partial charge is 0.358 e. The highest BCUT2D eigenvalue weighted by atomic mass is 16.6. The van der Waals surface area contributed by atoms with Crippen molar-refractivity contribution < 1.29 is 4.92 Å². The van der Waals surface area contributed by atoms with Crippen LogP contribution in [0.1, 0.15) is 6.92 Å². The van der Waals surface area contributed by atoms with E-state index in [1.54, 1.807) is 6.92 Å². The molecule has 0 bridgehead atoms. The summed E-state index contributed by atoms with van der Waals surface area (Å²) in [5, 5.41) is 18.2. The second kappa shape index (κ2) is 4.85. The molecule has 0 amide bonds. The van der Waals surface area contributed by atoms with E-state index in [4.69, 9.17) is 11.0 Å². The Morgan fingerprint density at radius 1 is 1.92 bits per heavy atom. The molecule has 0 fully saturated rings. The highest BCUT2D eigenvalue weighted by Crippen LogP contribution is 1.86. The number of nitrogens with two attached hydrogens (primary N) is 1. The zero-order chi connectivity index (χ0) is 9.56. The van der Waals surface area contributed by atoms with Crippen LogP contribution >= 0.6 is 0 Å². The number of hydrogen-bond donors (Lipinski definition) is 1. The number of allylic oxidation sites excluding steroid dienone is 1. The van der Waals surface area contributed by atoms with Crippen molar-refractivity contribution in [1.29, 1.82) is 5.26 Å². The van der Waals surface area contributed by atoms with Crippen LogP contribution in [-0.4, -0.2) is 17.2 Å². The summed E-state index contributed by atoms with van der Waals surface area (Å²) in [7, 11) is 0. The van der Waals surface area contributed by atoms with Crippen molar-refractivity contribution in [3.63, 3.8) is 0 Å². The lowest BCUT2D eigenvalue weighted by molar-refractivity contribution is -0.426. The third kappa shape index (κ3) is 4.00. The monoisotopic (exact) mass is 168 g/mol. The number of aliphatic imine (C=N–C) groups is 1. The van der Waals surface area contributed by atoms with Gasteiger partial charge in [0.05, 0.1) is 6.07 Å². The van der Waals surface area contributed by atoms with E-state index >= 15 is 0 Å². The average Bonchev–Trinajstić information content (AvgIpc) is 2.03. The lowest BCUT2D eigenvalue weighted by Crippen LogP contribution is -2.08. The van der Waals surface area contributed by atoms with Crippen LogP contribution in [0.4, 0.5) is 0 Å². The lowest BCUT2D eigenvalue weighted by Gasteiger charge is -1.90. The van der Waals surface area contributed by atoms with Gasteiger partial charge in [-0.2, -0.15) is 5.26 Å². The summed E-state index contributed by atoms with van der Waals surface area (Å²) in [5.41, 5.74) is 4.93. The van der Waals surface area contributed by atoms with Crippen LogP contribution in [-0.2, 0) is 0 Å². The molecule has 0 rings (SSSR count). The van der Waals surface area contributed by atoms with Crippen molar-refractivity contribution in [2.24, 2.45) is 10.7 Å². The number of nitro groups is 1. The van der Waals surface area contributed by atoms with Gasteiger partial charge >= 0.3 is 5.82 Å². The fraction of sp³-hybridized carbons (Fsp3) is 0.333. The Hall–Kier alpha value is -1.90. The van der Waals surface area contributed by atoms with Crippen molar-refractivity contribution in [1.82, 2.24) is 0 Å². The zero-order valence-electron chi connectivity index (χ0n) is 6.47. The number of hydrogen-bond acceptors (Lipinski definition) is 5. The minimum Gasteiger partial charge on any atom is -0.358 e. The molecule has 0 unspecified atom stereocenters. The molecule has 0 aliphatic heterocycles. The molecule has 0 aromatic rings. The molecule has 0 spiro atoms. The maximum atomic E-state index is 9.93. The van der Waals surface area contributed by atoms with E-state index in [0.29, 0.717) is 0 Å². The predicted molar refractivity (Wildman–Crippen MR) is 42.8 cm³/mol. The second-order valence-corrected chi connectivity index (χ2v) is 1.95. The summed E-state index contributed by atoms with van der Waals surface area (Å²) in [4.78, 5) is 12.8. The fourth-order valence-corrected chi connectivity index (χ4v) is 0.343. The maximum Gasteiger partial charge on any atom is 0.315 e. The molecule has 0 aromatic carbocycles. The van der Waals surface area contributed by atoms with Crippen LogP contribution in [0.5, 0.6) is 0 Å². The van der Waals surface area contributed by atoms with Crippen LogP contribution in [0, 0.1) is 21.4 Å². The summed E-state index contributed by atoms with van der Waals surface area (Å²) in [6.45, 7) is 1.56. The Balaban J connectivity index is 4.14. The second-order valence-electron chi connectivity index (χ2n) is 1.95. The minimum absolute atomic E-state index is 0.496. The Bertz CT molecular complexity index is 263. The zero-order valence-corrected chi connectivity index (χ0v) is 6.47. The molecule has 0 aromatic heterocycles. The van der Waals surface area contributed by atoms with Gasteiger partial charge in [0.2, 0.25) is 0 Å². The number of nitriles is 1. The van der Waals surface area contributed by atoms with Gasteiger partial charge in [-0.1, -0.05) is 0 Å². The SMILES string of the molecule is C[C@@H](C#N)N=C/C=C(\N)[N+](=O)[O-]. The Morgan fingerprint density at radius 3 is 2.92 bits per heavy atom. The van der Waals surface area contributed by atoms with Gasteiger partial charge in [0, 0.05) is 12.3 Å². The van der Waals surface area contributed by atoms with Crippen molar-refractivity contribution in [2.75, 3.05) is 0 Å². The molecule has 0 aliphatic carbocycles. The van der Waals surface area contributed by atoms with Crippen molar-refractivity contribution in [3.8, 4) is 6.07 Å². The summed E-state index contributed by atoms with van der Waals surface area (Å²) in [6, 6.07) is 1.32. The molecule has 64 valence electrons. The molecule has 0 aliphatic rings. The molecule has 2 N–H and O–H groups in total. The molecule has 1 atom stereocenters. The molecule has 12 heavy (non-hydrogen) atoms. The smallest absolute Gasteiger partial charge is 0.315 e. The summed E-state index contributed by atoms with van der Waals surface area (Å²) < 4.78 is 0. The van der Waals surface area contributed by atoms with Crippen LogP contribution < -0.4 is 5.73 Å². The average molecular weight is 168 g/mol. The first-order chi connectivity index (χ1) is 5.57. The van der Waals surface area contributed by atoms with Crippen LogP contribution in [0.3, 0.4) is 0 Å². The van der Waals surface area contributed by atoms with Crippen LogP contribution in [0.15, 0.2) is 16.9 Å². The Kier molecular flexibility index (Phi) is 4.08. The fourth-order valence-electron chi connectivity index (χ4n) is 0.343. The first-order valence-electron chi connectivity index (χ1n) is 3.11. The van der Waals surface area contributed by atoms with Gasteiger partial charge in [-0.15, -0.1) is 0 Å². The third-order valence-corrected chi connectivity index (χ3v) is 0.953. The molecule has 6 heteroatoms. The van der Waals surface area contributed by atoms with Gasteiger partial charge in [0.25, 0.3) is 0 Å². The van der Waals surface area contributed by atoms with Gasteiger partial charge in [0.15, 0.2) is 0 Å². The minimum atomic E-state index is -0.733. The predicted octanol–water partition coefficient (Wildman–Crippen LogP) is 0.0461. The molecular weight excluding hydrogens is 160 g/mol. The molecule has 0 heterocycles. The van der Waals surface area contributed by atoms with Gasteiger partial charge in [0.1, 0.15) is 6.04 Å². The topological polar surface area (TPSA) is 105 Å². The highest BCUT2D eigenvalue weighted by molar-refractivity contribution is 5.71. The standard InChI is InChI=1S/C6H8N4O2/c1-5(4-7)9-3-2-6(8)10(11)12/h2-3,5H,8H2,1H3/b6-2+,9-3?/t5-/m0/s1. The Morgan fingerprint density at radius 2 is 2.50 bits per heavy atom. The van der Waals surface area contributed by atoms with E-state index in [9.17, 15) is 10.1 Å². The van der Waals surface area contributed by atoms with Gasteiger partial charge in [-0.3, -0.25) is 10.7 Å². The van der Waals surface area contributed by atoms with E-state index in [-0.39, 0.29) is 0 Å². The van der Waals surface area contributed by atoms with Gasteiger partial charge in [-0.05, 0) is 11.8 Å². The molecule has 0 saturated carbocycles. The third-order valence-electron chi connectivity index (χ3n) is 0.953. The summed E-state index contributed by atoms with van der Waals surface area (Å²) in [5.74, 6) is -0.496. The number of nitrogens with zero attached hydrogens (tertiary/aromatic N) is 3. The normalized spacial score (nSPS) is 14.2. The maximum absolute atomic E-state index is 9.93. The lowest BCUT2D eigenvalue weighted by atomic mass is 10.4. The van der Waals surface area contributed by atoms with Crippen molar-refractivity contribution in [2.45, 2.75) is 13.0 Å². The van der Waals surface area contributed by atoms with E-state index < -0.39 is 16.8 Å². The van der Waals surface area contributed by atoms with E-state index in [2.05, 4.69) is 4.99 Å². The van der Waals surface area contributed by atoms with Crippen molar-refractivity contribution in [3.05, 3.63) is 22.0 Å². The first kappa shape index (κ1) is 10.1. The number of rotatable bonds is 3. The summed E-state index contributed by atoms with van der Waals surface area (Å²) in [6.07, 6.45) is 2.18. The van der Waals surface area contributed by atoms with Crippen molar-refractivity contribution >= 4 is 6.21 Å². The quantitative estimate of drug-likeness (QED) is 0.365. The van der Waals surface area contributed by atoms with Gasteiger partial charge < -0.3 is 10.1 Å². The van der Waals surface area contributed by atoms with E-state index in [0.717, 1.165) is 12.3 Å². The van der Waals surface area contributed by atoms with Crippen LogP contribution in [0.2, 0.25) is 0 Å². The van der Waals surface area contributed by atoms with E-state index in [1.807, 2.05) is 6.07 Å². The first-order valence-corrected chi connectivity index (χ1v) is 3.11. The van der Waals surface area contributed by atoms with Crippen LogP contribution in [0.25, 0.3) is 0 Å².